The zero-order valence-electron chi connectivity index (χ0n) is 16.0. The maximum absolute atomic E-state index is 11.8. The standard InChI is InChI=1S/C18H34N4O2.HI/c1-5-6-7-8-9-11-22(4)18(20-14-17(23)21(2)3)19-13-16-10-12-24-15-16;/h5,16H,1,6-15H2,2-4H3,(H,19,20);1H. The van der Waals surface area contributed by atoms with E-state index < -0.39 is 0 Å². The van der Waals surface area contributed by atoms with Crippen molar-refractivity contribution in [2.75, 3.05) is 54.0 Å². The van der Waals surface area contributed by atoms with Crippen molar-refractivity contribution in [1.82, 2.24) is 15.1 Å². The van der Waals surface area contributed by atoms with Crippen molar-refractivity contribution in [3.63, 3.8) is 0 Å². The molecule has 25 heavy (non-hydrogen) atoms. The molecule has 0 aromatic rings. The first-order chi connectivity index (χ1) is 11.5. The van der Waals surface area contributed by atoms with Gasteiger partial charge in [-0.05, 0) is 25.7 Å². The first kappa shape index (κ1) is 24.2. The molecule has 0 aromatic carbocycles. The van der Waals surface area contributed by atoms with Crippen LogP contribution in [0.25, 0.3) is 0 Å². The van der Waals surface area contributed by atoms with Gasteiger partial charge in [0, 0.05) is 46.8 Å². The van der Waals surface area contributed by atoms with Crippen LogP contribution in [0.15, 0.2) is 17.6 Å². The Balaban J connectivity index is 0.00000576. The van der Waals surface area contributed by atoms with E-state index >= 15 is 0 Å². The summed E-state index contributed by atoms with van der Waals surface area (Å²) in [5.74, 6) is 1.35. The van der Waals surface area contributed by atoms with Gasteiger partial charge < -0.3 is 19.9 Å². The fraction of sp³-hybridized carbons (Fsp3) is 0.778. The summed E-state index contributed by atoms with van der Waals surface area (Å²) in [4.78, 5) is 20.0. The van der Waals surface area contributed by atoms with Crippen LogP contribution in [0.5, 0.6) is 0 Å². The smallest absolute Gasteiger partial charge is 0.243 e. The summed E-state index contributed by atoms with van der Waals surface area (Å²) in [6.45, 7) is 7.36. The van der Waals surface area contributed by atoms with Gasteiger partial charge >= 0.3 is 0 Å². The number of carbonyl (C=O) groups is 1. The molecule has 1 saturated heterocycles. The van der Waals surface area contributed by atoms with Crippen LogP contribution < -0.4 is 5.32 Å². The molecule has 1 fully saturated rings. The summed E-state index contributed by atoms with van der Waals surface area (Å²) in [5, 5.41) is 3.42. The number of likely N-dealkylation sites (N-methyl/N-ethyl adjacent to an activating group) is 1. The molecule has 0 aromatic heterocycles. The number of amides is 1. The summed E-state index contributed by atoms with van der Waals surface area (Å²) >= 11 is 0. The molecule has 0 aliphatic carbocycles. The molecule has 1 amide bonds. The maximum Gasteiger partial charge on any atom is 0.243 e. The largest absolute Gasteiger partial charge is 0.381 e. The number of hydrogen-bond acceptors (Lipinski definition) is 3. The lowest BCUT2D eigenvalue weighted by Gasteiger charge is -2.24. The van der Waals surface area contributed by atoms with Crippen LogP contribution in [0.1, 0.15) is 32.1 Å². The fourth-order valence-corrected chi connectivity index (χ4v) is 2.50. The Labute approximate surface area is 170 Å². The van der Waals surface area contributed by atoms with Crippen LogP contribution in [-0.4, -0.2) is 75.7 Å². The number of allylic oxidation sites excluding steroid dienone is 1. The second-order valence-corrected chi connectivity index (χ2v) is 6.60. The summed E-state index contributed by atoms with van der Waals surface area (Å²) in [5.41, 5.74) is 0. The second-order valence-electron chi connectivity index (χ2n) is 6.60. The molecular formula is C18H35IN4O2. The van der Waals surface area contributed by atoms with Crippen LogP contribution >= 0.6 is 24.0 Å². The highest BCUT2D eigenvalue weighted by molar-refractivity contribution is 14.0. The Morgan fingerprint density at radius 3 is 2.68 bits per heavy atom. The number of nitrogens with zero attached hydrogens (tertiary/aromatic N) is 3. The molecule has 0 bridgehead atoms. The van der Waals surface area contributed by atoms with Crippen molar-refractivity contribution in [1.29, 1.82) is 0 Å². The molecule has 146 valence electrons. The number of nitrogens with one attached hydrogen (secondary N) is 1. The highest BCUT2D eigenvalue weighted by Crippen LogP contribution is 2.10. The Kier molecular flexibility index (Phi) is 13.9. The van der Waals surface area contributed by atoms with Gasteiger partial charge in [0.1, 0.15) is 6.54 Å². The lowest BCUT2D eigenvalue weighted by Crippen LogP contribution is -2.42. The lowest BCUT2D eigenvalue weighted by atomic mass is 10.1. The van der Waals surface area contributed by atoms with Crippen molar-refractivity contribution in [3.05, 3.63) is 12.7 Å². The molecule has 0 radical (unpaired) electrons. The Morgan fingerprint density at radius 2 is 2.08 bits per heavy atom. The first-order valence-electron chi connectivity index (χ1n) is 8.92. The van der Waals surface area contributed by atoms with E-state index in [4.69, 9.17) is 4.74 Å². The highest BCUT2D eigenvalue weighted by atomic mass is 127. The molecule has 1 N–H and O–H groups in total. The molecule has 1 aliphatic heterocycles. The zero-order chi connectivity index (χ0) is 17.8. The van der Waals surface area contributed by atoms with Crippen LogP contribution in [0.3, 0.4) is 0 Å². The predicted octanol–water partition coefficient (Wildman–Crippen LogP) is 2.35. The van der Waals surface area contributed by atoms with Gasteiger partial charge in [-0.1, -0.05) is 12.5 Å². The zero-order valence-corrected chi connectivity index (χ0v) is 18.3. The highest BCUT2D eigenvalue weighted by Gasteiger charge is 2.17. The fourth-order valence-electron chi connectivity index (χ4n) is 2.50. The van der Waals surface area contributed by atoms with Gasteiger partial charge in [-0.2, -0.15) is 0 Å². The van der Waals surface area contributed by atoms with E-state index in [1.54, 1.807) is 19.0 Å². The van der Waals surface area contributed by atoms with E-state index in [1.807, 2.05) is 13.1 Å². The molecule has 1 atom stereocenters. The summed E-state index contributed by atoms with van der Waals surface area (Å²) in [6, 6.07) is 0. The number of guanidine groups is 1. The van der Waals surface area contributed by atoms with E-state index in [0.29, 0.717) is 5.92 Å². The minimum atomic E-state index is 0. The predicted molar refractivity (Wildman–Crippen MR) is 115 cm³/mol. The van der Waals surface area contributed by atoms with Crippen molar-refractivity contribution in [3.8, 4) is 0 Å². The molecule has 1 heterocycles. The maximum atomic E-state index is 11.8. The van der Waals surface area contributed by atoms with Gasteiger partial charge in [-0.25, -0.2) is 4.99 Å². The van der Waals surface area contributed by atoms with E-state index in [9.17, 15) is 4.79 Å². The Hall–Kier alpha value is -0.830. The Bertz CT molecular complexity index is 410. The minimum absolute atomic E-state index is 0. The number of carbonyl (C=O) groups excluding carboxylic acids is 1. The van der Waals surface area contributed by atoms with Gasteiger partial charge in [0.25, 0.3) is 0 Å². The quantitative estimate of drug-likeness (QED) is 0.177. The number of hydrogen-bond donors (Lipinski definition) is 1. The summed E-state index contributed by atoms with van der Waals surface area (Å²) in [6.07, 6.45) is 7.59. The van der Waals surface area contributed by atoms with Gasteiger partial charge in [0.05, 0.1) is 6.61 Å². The molecule has 7 heteroatoms. The van der Waals surface area contributed by atoms with Gasteiger partial charge in [0.2, 0.25) is 5.91 Å². The number of ether oxygens (including phenoxy) is 1. The molecule has 1 aliphatic rings. The van der Waals surface area contributed by atoms with E-state index in [2.05, 4.69) is 21.8 Å². The van der Waals surface area contributed by atoms with Crippen molar-refractivity contribution in [2.45, 2.75) is 32.1 Å². The average molecular weight is 466 g/mol. The molecule has 6 nitrogen and oxygen atoms in total. The van der Waals surface area contributed by atoms with Gasteiger partial charge in [-0.3, -0.25) is 4.79 Å². The Morgan fingerprint density at radius 1 is 1.32 bits per heavy atom. The summed E-state index contributed by atoms with van der Waals surface area (Å²) in [7, 11) is 5.54. The monoisotopic (exact) mass is 466 g/mol. The van der Waals surface area contributed by atoms with Crippen LogP contribution in [0.4, 0.5) is 0 Å². The van der Waals surface area contributed by atoms with E-state index in [0.717, 1.165) is 51.5 Å². The number of aliphatic imine (C=N–C) groups is 1. The molecule has 1 rings (SSSR count). The van der Waals surface area contributed by atoms with Crippen LogP contribution in [-0.2, 0) is 9.53 Å². The topological polar surface area (TPSA) is 57.2 Å². The molecule has 0 spiro atoms. The van der Waals surface area contributed by atoms with Crippen molar-refractivity contribution >= 4 is 35.8 Å². The number of halogens is 1. The van der Waals surface area contributed by atoms with E-state index in [-0.39, 0.29) is 36.4 Å². The average Bonchev–Trinajstić information content (AvgIpc) is 3.07. The lowest BCUT2D eigenvalue weighted by molar-refractivity contribution is -0.127. The van der Waals surface area contributed by atoms with Gasteiger partial charge in [0.15, 0.2) is 5.96 Å². The van der Waals surface area contributed by atoms with Gasteiger partial charge in [-0.15, -0.1) is 30.6 Å². The van der Waals surface area contributed by atoms with E-state index in [1.165, 1.54) is 12.8 Å². The van der Waals surface area contributed by atoms with Crippen LogP contribution in [0.2, 0.25) is 0 Å². The third-order valence-corrected chi connectivity index (χ3v) is 4.20. The molecule has 0 saturated carbocycles. The number of unbranched alkanes of at least 4 members (excludes halogenated alkanes) is 3. The first-order valence-corrected chi connectivity index (χ1v) is 8.92. The molecular weight excluding hydrogens is 431 g/mol. The molecule has 1 unspecified atom stereocenters. The third-order valence-electron chi connectivity index (χ3n) is 4.20. The second kappa shape index (κ2) is 14.4. The minimum Gasteiger partial charge on any atom is -0.381 e. The SMILES string of the molecule is C=CCCCCCN(C)C(=NCC(=O)N(C)C)NCC1CCOC1.I. The number of rotatable bonds is 10. The van der Waals surface area contributed by atoms with Crippen molar-refractivity contribution < 1.29 is 9.53 Å². The third kappa shape index (κ3) is 10.7. The van der Waals surface area contributed by atoms with Crippen LogP contribution in [0, 0.1) is 5.92 Å². The normalized spacial score (nSPS) is 16.9. The van der Waals surface area contributed by atoms with Crippen molar-refractivity contribution in [2.24, 2.45) is 10.9 Å². The summed E-state index contributed by atoms with van der Waals surface area (Å²) < 4.78 is 5.42.